The van der Waals surface area contributed by atoms with Crippen LogP contribution >= 0.6 is 0 Å². The first-order valence-corrected chi connectivity index (χ1v) is 6.22. The number of morpholine rings is 1. The van der Waals surface area contributed by atoms with E-state index in [1.165, 1.54) is 25.7 Å². The first kappa shape index (κ1) is 11.4. The summed E-state index contributed by atoms with van der Waals surface area (Å²) in [4.78, 5) is 2.55. The van der Waals surface area contributed by atoms with Gasteiger partial charge in [0.25, 0.3) is 0 Å². The van der Waals surface area contributed by atoms with Crippen molar-refractivity contribution < 1.29 is 4.74 Å². The molecule has 2 rings (SSSR count). The fourth-order valence-electron chi connectivity index (χ4n) is 2.93. The SMILES string of the molecule is CC1(C)CN(C2CCCCC2N)CCO1. The Bertz CT molecular complexity index is 218. The summed E-state index contributed by atoms with van der Waals surface area (Å²) in [6.45, 7) is 7.30. The summed E-state index contributed by atoms with van der Waals surface area (Å²) in [5, 5.41) is 0. The van der Waals surface area contributed by atoms with Crippen LogP contribution in [0.1, 0.15) is 39.5 Å². The lowest BCUT2D eigenvalue weighted by Gasteiger charge is -2.45. The van der Waals surface area contributed by atoms with Crippen LogP contribution < -0.4 is 5.73 Å². The Morgan fingerprint density at radius 2 is 2.00 bits per heavy atom. The number of hydrogen-bond donors (Lipinski definition) is 1. The van der Waals surface area contributed by atoms with Gasteiger partial charge >= 0.3 is 0 Å². The first-order valence-electron chi connectivity index (χ1n) is 6.22. The Balaban J connectivity index is 1.96. The first-order chi connectivity index (χ1) is 7.08. The molecule has 2 N–H and O–H groups in total. The van der Waals surface area contributed by atoms with Crippen LogP contribution in [-0.4, -0.2) is 42.3 Å². The van der Waals surface area contributed by atoms with Crippen molar-refractivity contribution in [3.05, 3.63) is 0 Å². The third kappa shape index (κ3) is 2.71. The molecule has 15 heavy (non-hydrogen) atoms. The number of nitrogens with zero attached hydrogens (tertiary/aromatic N) is 1. The third-order valence-electron chi connectivity index (χ3n) is 3.71. The molecule has 0 bridgehead atoms. The fourth-order valence-corrected chi connectivity index (χ4v) is 2.93. The molecule has 0 aromatic rings. The van der Waals surface area contributed by atoms with Crippen molar-refractivity contribution in [3.63, 3.8) is 0 Å². The molecule has 2 atom stereocenters. The van der Waals surface area contributed by atoms with Crippen molar-refractivity contribution in [2.24, 2.45) is 5.73 Å². The van der Waals surface area contributed by atoms with E-state index < -0.39 is 0 Å². The number of ether oxygens (including phenoxy) is 1. The van der Waals surface area contributed by atoms with E-state index in [9.17, 15) is 0 Å². The standard InChI is InChI=1S/C12H24N2O/c1-12(2)9-14(7-8-15-12)11-6-4-3-5-10(11)13/h10-11H,3-9,13H2,1-2H3. The molecule has 1 saturated heterocycles. The molecule has 0 aromatic carbocycles. The largest absolute Gasteiger partial charge is 0.373 e. The van der Waals surface area contributed by atoms with E-state index in [2.05, 4.69) is 18.7 Å². The van der Waals surface area contributed by atoms with Gasteiger partial charge < -0.3 is 10.5 Å². The average molecular weight is 212 g/mol. The molecule has 1 saturated carbocycles. The monoisotopic (exact) mass is 212 g/mol. The highest BCUT2D eigenvalue weighted by molar-refractivity contribution is 4.90. The van der Waals surface area contributed by atoms with Gasteiger partial charge in [-0.2, -0.15) is 0 Å². The third-order valence-corrected chi connectivity index (χ3v) is 3.71. The Hall–Kier alpha value is -0.120. The van der Waals surface area contributed by atoms with E-state index in [1.54, 1.807) is 0 Å². The Morgan fingerprint density at radius 1 is 1.27 bits per heavy atom. The van der Waals surface area contributed by atoms with Gasteiger partial charge in [0.15, 0.2) is 0 Å². The van der Waals surface area contributed by atoms with Crippen molar-refractivity contribution >= 4 is 0 Å². The summed E-state index contributed by atoms with van der Waals surface area (Å²) in [6, 6.07) is 0.981. The highest BCUT2D eigenvalue weighted by atomic mass is 16.5. The van der Waals surface area contributed by atoms with Crippen LogP contribution in [0.2, 0.25) is 0 Å². The van der Waals surface area contributed by atoms with Gasteiger partial charge in [-0.15, -0.1) is 0 Å². The molecule has 0 radical (unpaired) electrons. The predicted molar refractivity (Wildman–Crippen MR) is 61.8 cm³/mol. The average Bonchev–Trinajstić information content (AvgIpc) is 2.17. The zero-order valence-electron chi connectivity index (χ0n) is 10.0. The molecule has 2 unspecified atom stereocenters. The van der Waals surface area contributed by atoms with Crippen LogP contribution in [0.15, 0.2) is 0 Å². The summed E-state index contributed by atoms with van der Waals surface area (Å²) in [5.41, 5.74) is 6.23. The van der Waals surface area contributed by atoms with E-state index in [0.717, 1.165) is 19.7 Å². The molecular weight excluding hydrogens is 188 g/mol. The van der Waals surface area contributed by atoms with Gasteiger partial charge in [-0.05, 0) is 26.7 Å². The topological polar surface area (TPSA) is 38.5 Å². The zero-order valence-corrected chi connectivity index (χ0v) is 10.0. The maximum absolute atomic E-state index is 6.22. The minimum Gasteiger partial charge on any atom is -0.373 e. The van der Waals surface area contributed by atoms with Gasteiger partial charge in [0, 0.05) is 25.2 Å². The van der Waals surface area contributed by atoms with Gasteiger partial charge in [-0.25, -0.2) is 0 Å². The summed E-state index contributed by atoms with van der Waals surface area (Å²) in [7, 11) is 0. The van der Waals surface area contributed by atoms with E-state index in [-0.39, 0.29) is 5.60 Å². The van der Waals surface area contributed by atoms with Crippen molar-refractivity contribution in [1.82, 2.24) is 4.90 Å². The Kier molecular flexibility index (Phi) is 3.33. The number of hydrogen-bond acceptors (Lipinski definition) is 3. The molecular formula is C12H24N2O. The Morgan fingerprint density at radius 3 is 2.67 bits per heavy atom. The summed E-state index contributed by atoms with van der Waals surface area (Å²) < 4.78 is 5.74. The molecule has 0 amide bonds. The molecule has 88 valence electrons. The molecule has 3 nitrogen and oxygen atoms in total. The maximum Gasteiger partial charge on any atom is 0.0753 e. The lowest BCUT2D eigenvalue weighted by molar-refractivity contribution is -0.102. The van der Waals surface area contributed by atoms with Crippen LogP contribution in [0.5, 0.6) is 0 Å². The van der Waals surface area contributed by atoms with Crippen molar-refractivity contribution in [2.75, 3.05) is 19.7 Å². The maximum atomic E-state index is 6.22. The van der Waals surface area contributed by atoms with E-state index in [1.807, 2.05) is 0 Å². The van der Waals surface area contributed by atoms with E-state index in [0.29, 0.717) is 12.1 Å². The minimum atomic E-state index is 0.00934. The summed E-state index contributed by atoms with van der Waals surface area (Å²) >= 11 is 0. The lowest BCUT2D eigenvalue weighted by atomic mass is 9.88. The minimum absolute atomic E-state index is 0.00934. The van der Waals surface area contributed by atoms with Crippen LogP contribution in [0.25, 0.3) is 0 Å². The van der Waals surface area contributed by atoms with Crippen LogP contribution in [0, 0.1) is 0 Å². The van der Waals surface area contributed by atoms with Gasteiger partial charge in [-0.1, -0.05) is 12.8 Å². The molecule has 3 heteroatoms. The molecule has 1 aliphatic heterocycles. The van der Waals surface area contributed by atoms with Gasteiger partial charge in [0.05, 0.1) is 12.2 Å². The summed E-state index contributed by atoms with van der Waals surface area (Å²) in [5.74, 6) is 0. The summed E-state index contributed by atoms with van der Waals surface area (Å²) in [6.07, 6.45) is 5.13. The normalized spacial score (nSPS) is 37.8. The molecule has 0 spiro atoms. The second-order valence-corrected chi connectivity index (χ2v) is 5.59. The number of nitrogens with two attached hydrogens (primary N) is 1. The highest BCUT2D eigenvalue weighted by Crippen LogP contribution is 2.26. The lowest BCUT2D eigenvalue weighted by Crippen LogP contribution is -2.57. The fraction of sp³-hybridized carbons (Fsp3) is 1.00. The quantitative estimate of drug-likeness (QED) is 0.713. The van der Waals surface area contributed by atoms with Gasteiger partial charge in [0.1, 0.15) is 0 Å². The van der Waals surface area contributed by atoms with Crippen molar-refractivity contribution in [3.8, 4) is 0 Å². The smallest absolute Gasteiger partial charge is 0.0753 e. The van der Waals surface area contributed by atoms with Crippen molar-refractivity contribution in [1.29, 1.82) is 0 Å². The van der Waals surface area contributed by atoms with E-state index >= 15 is 0 Å². The van der Waals surface area contributed by atoms with Crippen LogP contribution in [0.4, 0.5) is 0 Å². The highest BCUT2D eigenvalue weighted by Gasteiger charge is 2.34. The zero-order chi connectivity index (χ0) is 10.9. The predicted octanol–water partition coefficient (Wildman–Crippen LogP) is 1.37. The van der Waals surface area contributed by atoms with Gasteiger partial charge in [-0.3, -0.25) is 4.90 Å². The second-order valence-electron chi connectivity index (χ2n) is 5.59. The molecule has 0 aromatic heterocycles. The molecule has 2 fully saturated rings. The second kappa shape index (κ2) is 4.40. The molecule has 1 aliphatic carbocycles. The van der Waals surface area contributed by atoms with Gasteiger partial charge in [0.2, 0.25) is 0 Å². The molecule has 2 aliphatic rings. The molecule has 1 heterocycles. The van der Waals surface area contributed by atoms with Crippen LogP contribution in [-0.2, 0) is 4.74 Å². The van der Waals surface area contributed by atoms with Crippen LogP contribution in [0.3, 0.4) is 0 Å². The van der Waals surface area contributed by atoms with E-state index in [4.69, 9.17) is 10.5 Å². The number of rotatable bonds is 1. The van der Waals surface area contributed by atoms with Crippen molar-refractivity contribution in [2.45, 2.75) is 57.2 Å². The Labute approximate surface area is 93.0 Å².